The third kappa shape index (κ3) is 6.70. The fourth-order valence-electron chi connectivity index (χ4n) is 1.34. The van der Waals surface area contributed by atoms with E-state index >= 15 is 0 Å². The van der Waals surface area contributed by atoms with Crippen molar-refractivity contribution in [2.75, 3.05) is 19.6 Å². The van der Waals surface area contributed by atoms with E-state index in [0.717, 1.165) is 0 Å². The van der Waals surface area contributed by atoms with Crippen molar-refractivity contribution in [2.45, 2.75) is 26.0 Å². The van der Waals surface area contributed by atoms with E-state index < -0.39 is 0 Å². The van der Waals surface area contributed by atoms with Gasteiger partial charge < -0.3 is 20.3 Å². The summed E-state index contributed by atoms with van der Waals surface area (Å²) in [7, 11) is 0. The highest BCUT2D eigenvalue weighted by molar-refractivity contribution is 5.75. The van der Waals surface area contributed by atoms with Gasteiger partial charge in [0.25, 0.3) is 0 Å². The van der Waals surface area contributed by atoms with Crippen LogP contribution < -0.4 is 10.6 Å². The average molecular weight is 240 g/mol. The Labute approximate surface area is 101 Å². The fraction of sp³-hybridized carbons (Fsp3) is 0.636. The standard InChI is InChI=1S/C11H20N4O2/c1-10(16)8-12-3-4-14-11(17)2-6-15-7-5-13-9-15/h5,7,9-10,12,16H,2-4,6,8H2,1H3,(H,14,17). The molecule has 1 amide bonds. The molecule has 0 aliphatic rings. The van der Waals surface area contributed by atoms with Crippen molar-refractivity contribution < 1.29 is 9.90 Å². The van der Waals surface area contributed by atoms with Gasteiger partial charge in [-0.1, -0.05) is 0 Å². The van der Waals surface area contributed by atoms with Crippen LogP contribution in [-0.4, -0.2) is 46.3 Å². The number of imidazole rings is 1. The maximum atomic E-state index is 11.4. The highest BCUT2D eigenvalue weighted by Crippen LogP contribution is 1.89. The molecule has 1 rings (SSSR count). The summed E-state index contributed by atoms with van der Waals surface area (Å²) in [4.78, 5) is 15.3. The van der Waals surface area contributed by atoms with Crippen molar-refractivity contribution in [1.82, 2.24) is 20.2 Å². The summed E-state index contributed by atoms with van der Waals surface area (Å²) in [5.74, 6) is 0.0255. The first kappa shape index (κ1) is 13.7. The molecule has 1 aromatic heterocycles. The lowest BCUT2D eigenvalue weighted by Crippen LogP contribution is -2.34. The van der Waals surface area contributed by atoms with Gasteiger partial charge in [-0.25, -0.2) is 4.98 Å². The van der Waals surface area contributed by atoms with Crippen molar-refractivity contribution in [2.24, 2.45) is 0 Å². The van der Waals surface area contributed by atoms with Crippen molar-refractivity contribution >= 4 is 5.91 Å². The van der Waals surface area contributed by atoms with E-state index in [0.29, 0.717) is 32.6 Å². The van der Waals surface area contributed by atoms with Gasteiger partial charge in [-0.2, -0.15) is 0 Å². The van der Waals surface area contributed by atoms with Gasteiger partial charge in [0.05, 0.1) is 12.4 Å². The van der Waals surface area contributed by atoms with Gasteiger partial charge >= 0.3 is 0 Å². The maximum Gasteiger partial charge on any atom is 0.221 e. The third-order valence-corrected chi connectivity index (χ3v) is 2.22. The molecule has 1 unspecified atom stereocenters. The molecule has 17 heavy (non-hydrogen) atoms. The van der Waals surface area contributed by atoms with Gasteiger partial charge in [0, 0.05) is 45.0 Å². The average Bonchev–Trinajstić information content (AvgIpc) is 2.78. The normalized spacial score (nSPS) is 12.4. The number of nitrogens with one attached hydrogen (secondary N) is 2. The smallest absolute Gasteiger partial charge is 0.221 e. The quantitative estimate of drug-likeness (QED) is 0.528. The Morgan fingerprint density at radius 2 is 2.35 bits per heavy atom. The highest BCUT2D eigenvalue weighted by Gasteiger charge is 2.00. The van der Waals surface area contributed by atoms with E-state index in [1.54, 1.807) is 19.4 Å². The molecular weight excluding hydrogens is 220 g/mol. The van der Waals surface area contributed by atoms with Crippen LogP contribution in [0.25, 0.3) is 0 Å². The molecule has 0 spiro atoms. The van der Waals surface area contributed by atoms with Gasteiger partial charge in [-0.3, -0.25) is 4.79 Å². The number of aryl methyl sites for hydroxylation is 1. The van der Waals surface area contributed by atoms with E-state index in [4.69, 9.17) is 5.11 Å². The van der Waals surface area contributed by atoms with Crippen LogP contribution in [0, 0.1) is 0 Å². The first-order valence-corrected chi connectivity index (χ1v) is 5.79. The molecule has 3 N–H and O–H groups in total. The Bertz CT molecular complexity index is 311. The Kier molecular flexibility index (Phi) is 6.27. The number of carbonyl (C=O) groups is 1. The number of nitrogens with zero attached hydrogens (tertiary/aromatic N) is 2. The monoisotopic (exact) mass is 240 g/mol. The van der Waals surface area contributed by atoms with Crippen molar-refractivity contribution in [3.05, 3.63) is 18.7 Å². The SMILES string of the molecule is CC(O)CNCCNC(=O)CCn1ccnc1. The lowest BCUT2D eigenvalue weighted by Gasteiger charge is -2.08. The third-order valence-electron chi connectivity index (χ3n) is 2.22. The van der Waals surface area contributed by atoms with E-state index in [2.05, 4.69) is 15.6 Å². The molecule has 0 saturated heterocycles. The van der Waals surface area contributed by atoms with Crippen LogP contribution in [0.4, 0.5) is 0 Å². The van der Waals surface area contributed by atoms with E-state index in [-0.39, 0.29) is 12.0 Å². The molecule has 0 radical (unpaired) electrons. The maximum absolute atomic E-state index is 11.4. The van der Waals surface area contributed by atoms with Crippen LogP contribution in [0.5, 0.6) is 0 Å². The number of rotatable bonds is 8. The Morgan fingerprint density at radius 1 is 1.53 bits per heavy atom. The minimum Gasteiger partial charge on any atom is -0.392 e. The molecule has 6 nitrogen and oxygen atoms in total. The van der Waals surface area contributed by atoms with Crippen molar-refractivity contribution in [3.63, 3.8) is 0 Å². The largest absolute Gasteiger partial charge is 0.392 e. The number of amides is 1. The topological polar surface area (TPSA) is 79.2 Å². The zero-order valence-electron chi connectivity index (χ0n) is 10.1. The summed E-state index contributed by atoms with van der Waals surface area (Å²) in [5, 5.41) is 14.8. The summed E-state index contributed by atoms with van der Waals surface area (Å²) < 4.78 is 1.87. The summed E-state index contributed by atoms with van der Waals surface area (Å²) in [6, 6.07) is 0. The Morgan fingerprint density at radius 3 is 3.00 bits per heavy atom. The van der Waals surface area contributed by atoms with Gasteiger partial charge in [0.15, 0.2) is 0 Å². The number of aliphatic hydroxyl groups is 1. The fourth-order valence-corrected chi connectivity index (χ4v) is 1.34. The second-order valence-corrected chi connectivity index (χ2v) is 3.95. The van der Waals surface area contributed by atoms with Crippen LogP contribution in [0.1, 0.15) is 13.3 Å². The lowest BCUT2D eigenvalue weighted by molar-refractivity contribution is -0.121. The van der Waals surface area contributed by atoms with Crippen molar-refractivity contribution in [3.8, 4) is 0 Å². The van der Waals surface area contributed by atoms with Crippen LogP contribution >= 0.6 is 0 Å². The summed E-state index contributed by atoms with van der Waals surface area (Å²) in [6.45, 7) is 4.16. The van der Waals surface area contributed by atoms with Crippen molar-refractivity contribution in [1.29, 1.82) is 0 Å². The predicted octanol–water partition coefficient (Wildman–Crippen LogP) is -0.640. The molecule has 0 aliphatic carbocycles. The van der Waals surface area contributed by atoms with Crippen LogP contribution in [-0.2, 0) is 11.3 Å². The second-order valence-electron chi connectivity index (χ2n) is 3.95. The van der Waals surface area contributed by atoms with E-state index in [1.165, 1.54) is 0 Å². The molecule has 0 aliphatic heterocycles. The highest BCUT2D eigenvalue weighted by atomic mass is 16.3. The van der Waals surface area contributed by atoms with Gasteiger partial charge in [0.1, 0.15) is 0 Å². The molecule has 96 valence electrons. The Balaban J connectivity index is 1.98. The molecule has 1 aromatic rings. The number of aliphatic hydroxyl groups excluding tert-OH is 1. The molecule has 0 fully saturated rings. The molecule has 0 bridgehead atoms. The summed E-state index contributed by atoms with van der Waals surface area (Å²) >= 11 is 0. The number of hydrogen-bond acceptors (Lipinski definition) is 4. The summed E-state index contributed by atoms with van der Waals surface area (Å²) in [6.07, 6.45) is 5.31. The molecule has 6 heteroatoms. The zero-order chi connectivity index (χ0) is 12.5. The van der Waals surface area contributed by atoms with Crippen LogP contribution in [0.3, 0.4) is 0 Å². The number of carbonyl (C=O) groups excluding carboxylic acids is 1. The van der Waals surface area contributed by atoms with E-state index in [9.17, 15) is 4.79 Å². The van der Waals surface area contributed by atoms with Gasteiger partial charge in [0.2, 0.25) is 5.91 Å². The second kappa shape index (κ2) is 7.81. The lowest BCUT2D eigenvalue weighted by atomic mass is 10.4. The minimum absolute atomic E-state index is 0.0255. The van der Waals surface area contributed by atoms with Gasteiger partial charge in [-0.05, 0) is 6.92 Å². The minimum atomic E-state index is -0.355. The first-order valence-electron chi connectivity index (χ1n) is 5.79. The van der Waals surface area contributed by atoms with Crippen LogP contribution in [0.15, 0.2) is 18.7 Å². The number of hydrogen-bond donors (Lipinski definition) is 3. The number of aromatic nitrogens is 2. The molecular formula is C11H20N4O2. The molecule has 1 heterocycles. The van der Waals surface area contributed by atoms with Crippen LogP contribution in [0.2, 0.25) is 0 Å². The predicted molar refractivity (Wildman–Crippen MR) is 64.4 cm³/mol. The molecule has 0 aromatic carbocycles. The Hall–Kier alpha value is -1.40. The van der Waals surface area contributed by atoms with Gasteiger partial charge in [-0.15, -0.1) is 0 Å². The summed E-state index contributed by atoms with van der Waals surface area (Å²) in [5.41, 5.74) is 0. The first-order chi connectivity index (χ1) is 8.18. The zero-order valence-corrected chi connectivity index (χ0v) is 10.1. The molecule has 1 atom stereocenters. The molecule has 0 saturated carbocycles. The van der Waals surface area contributed by atoms with E-state index in [1.807, 2.05) is 10.8 Å².